The number of hydrogen-bond donors (Lipinski definition) is 2. The van der Waals surface area contributed by atoms with Crippen molar-refractivity contribution in [1.29, 1.82) is 0 Å². The van der Waals surface area contributed by atoms with E-state index in [-0.39, 0.29) is 17.2 Å². The van der Waals surface area contributed by atoms with Crippen LogP contribution in [0.1, 0.15) is 41.0 Å². The Balaban J connectivity index is 1.66. The monoisotopic (exact) mass is 407 g/mol. The third-order valence-corrected chi connectivity index (χ3v) is 6.50. The quantitative estimate of drug-likeness (QED) is 0.679. The van der Waals surface area contributed by atoms with Crippen molar-refractivity contribution in [3.63, 3.8) is 0 Å². The lowest BCUT2D eigenvalue weighted by Gasteiger charge is -2.33. The highest BCUT2D eigenvalue weighted by Gasteiger charge is 2.37. The summed E-state index contributed by atoms with van der Waals surface area (Å²) in [6.07, 6.45) is 0.765. The molecule has 0 saturated heterocycles. The van der Waals surface area contributed by atoms with Gasteiger partial charge in [-0.25, -0.2) is 4.68 Å². The van der Waals surface area contributed by atoms with Crippen molar-refractivity contribution in [2.75, 3.05) is 10.7 Å². The van der Waals surface area contributed by atoms with Gasteiger partial charge in [0, 0.05) is 12.1 Å². The number of aromatic nitrogens is 3. The largest absolute Gasteiger partial charge is 0.325 e. The standard InChI is InChI=1S/C22H25N5OS/c1-5-18-24-25-22-27(18)26-19(16-9-6-13(2)7-10-16)20(29-22)21(28)23-17-11-8-14(3)15(4)12-17/h6-12,19-20,26H,5H2,1-4H3,(H,23,28)/t19-,20-/m1/s1. The molecule has 29 heavy (non-hydrogen) atoms. The Bertz CT molecular complexity index is 1040. The lowest BCUT2D eigenvalue weighted by atomic mass is 10.0. The van der Waals surface area contributed by atoms with Crippen LogP contribution in [0.25, 0.3) is 0 Å². The molecule has 2 N–H and O–H groups in total. The SMILES string of the molecule is CCc1nnc2n1N[C@H](c1ccc(C)cc1)[C@H](C(=O)Nc1ccc(C)c(C)c1)S2. The smallest absolute Gasteiger partial charge is 0.240 e. The molecule has 0 radical (unpaired) electrons. The first-order valence-corrected chi connectivity index (χ1v) is 10.7. The van der Waals surface area contributed by atoms with Gasteiger partial charge in [0.2, 0.25) is 11.1 Å². The van der Waals surface area contributed by atoms with Crippen LogP contribution in [0.5, 0.6) is 0 Å². The van der Waals surface area contributed by atoms with Crippen LogP contribution in [-0.2, 0) is 11.2 Å². The lowest BCUT2D eigenvalue weighted by Crippen LogP contribution is -2.41. The maximum absolute atomic E-state index is 13.3. The predicted molar refractivity (Wildman–Crippen MR) is 117 cm³/mol. The molecule has 3 aromatic rings. The molecule has 1 aliphatic rings. The molecule has 4 rings (SSSR count). The minimum absolute atomic E-state index is 0.0522. The first-order chi connectivity index (χ1) is 14.0. The van der Waals surface area contributed by atoms with Crippen LogP contribution in [0.3, 0.4) is 0 Å². The van der Waals surface area contributed by atoms with Crippen LogP contribution in [0, 0.1) is 20.8 Å². The summed E-state index contributed by atoms with van der Waals surface area (Å²) in [4.78, 5) is 13.3. The van der Waals surface area contributed by atoms with Crippen molar-refractivity contribution in [2.24, 2.45) is 0 Å². The molecule has 0 bridgehead atoms. The van der Waals surface area contributed by atoms with E-state index in [1.54, 1.807) is 0 Å². The minimum Gasteiger partial charge on any atom is -0.325 e. The number of nitrogens with zero attached hydrogens (tertiary/aromatic N) is 3. The zero-order valence-corrected chi connectivity index (χ0v) is 17.9. The lowest BCUT2D eigenvalue weighted by molar-refractivity contribution is -0.116. The number of aryl methyl sites for hydroxylation is 4. The van der Waals surface area contributed by atoms with Gasteiger partial charge in [-0.15, -0.1) is 10.2 Å². The predicted octanol–water partition coefficient (Wildman–Crippen LogP) is 4.16. The Morgan fingerprint density at radius 3 is 2.55 bits per heavy atom. The van der Waals surface area contributed by atoms with Crippen LogP contribution in [0.4, 0.5) is 5.69 Å². The molecule has 1 aliphatic heterocycles. The Morgan fingerprint density at radius 2 is 1.86 bits per heavy atom. The van der Waals surface area contributed by atoms with E-state index >= 15 is 0 Å². The molecule has 1 amide bonds. The molecule has 2 atom stereocenters. The summed E-state index contributed by atoms with van der Waals surface area (Å²) in [5, 5.41) is 11.9. The first-order valence-electron chi connectivity index (χ1n) is 9.78. The summed E-state index contributed by atoms with van der Waals surface area (Å²) in [7, 11) is 0. The third kappa shape index (κ3) is 3.87. The van der Waals surface area contributed by atoms with E-state index in [2.05, 4.69) is 59.1 Å². The molecule has 150 valence electrons. The van der Waals surface area contributed by atoms with Crippen LogP contribution in [0.15, 0.2) is 47.6 Å². The average Bonchev–Trinajstić information content (AvgIpc) is 3.12. The van der Waals surface area contributed by atoms with E-state index in [1.165, 1.54) is 22.9 Å². The van der Waals surface area contributed by atoms with Gasteiger partial charge in [0.1, 0.15) is 5.25 Å². The first kappa shape index (κ1) is 19.5. The Kier molecular flexibility index (Phi) is 5.32. The van der Waals surface area contributed by atoms with Crippen molar-refractivity contribution in [2.45, 2.75) is 50.6 Å². The summed E-state index contributed by atoms with van der Waals surface area (Å²) in [5.74, 6) is 0.807. The average molecular weight is 408 g/mol. The number of hydrogen-bond acceptors (Lipinski definition) is 5. The molecule has 0 aliphatic carbocycles. The molecule has 0 saturated carbocycles. The van der Waals surface area contributed by atoms with Crippen molar-refractivity contribution in [1.82, 2.24) is 14.9 Å². The van der Waals surface area contributed by atoms with Crippen LogP contribution in [-0.4, -0.2) is 26.0 Å². The van der Waals surface area contributed by atoms with E-state index in [0.717, 1.165) is 29.1 Å². The number of benzene rings is 2. The summed E-state index contributed by atoms with van der Waals surface area (Å²) >= 11 is 1.45. The molecular weight excluding hydrogens is 382 g/mol. The summed E-state index contributed by atoms with van der Waals surface area (Å²) in [5.41, 5.74) is 8.89. The van der Waals surface area contributed by atoms with Gasteiger partial charge in [0.05, 0.1) is 6.04 Å². The highest BCUT2D eigenvalue weighted by Crippen LogP contribution is 2.37. The van der Waals surface area contributed by atoms with Crippen LogP contribution >= 0.6 is 11.8 Å². The number of rotatable bonds is 4. The van der Waals surface area contributed by atoms with Crippen molar-refractivity contribution >= 4 is 23.4 Å². The Labute approximate surface area is 175 Å². The number of carbonyl (C=O) groups excluding carboxylic acids is 1. The van der Waals surface area contributed by atoms with Crippen molar-refractivity contribution in [3.05, 3.63) is 70.5 Å². The van der Waals surface area contributed by atoms with Crippen LogP contribution in [0.2, 0.25) is 0 Å². The van der Waals surface area contributed by atoms with Gasteiger partial charge < -0.3 is 10.7 Å². The van der Waals surface area contributed by atoms with Gasteiger partial charge in [-0.2, -0.15) is 0 Å². The summed E-state index contributed by atoms with van der Waals surface area (Å²) in [6.45, 7) is 8.21. The highest BCUT2D eigenvalue weighted by atomic mass is 32.2. The normalized spacial score (nSPS) is 18.1. The second-order valence-corrected chi connectivity index (χ2v) is 8.54. The number of amides is 1. The Morgan fingerprint density at radius 1 is 1.10 bits per heavy atom. The third-order valence-electron chi connectivity index (χ3n) is 5.29. The number of anilines is 1. The molecule has 2 aromatic carbocycles. The molecule has 6 nitrogen and oxygen atoms in total. The van der Waals surface area contributed by atoms with E-state index in [1.807, 2.05) is 36.7 Å². The van der Waals surface area contributed by atoms with E-state index in [9.17, 15) is 4.79 Å². The number of carbonyl (C=O) groups is 1. The zero-order valence-electron chi connectivity index (χ0n) is 17.1. The second kappa shape index (κ2) is 7.91. The molecule has 0 spiro atoms. The van der Waals surface area contributed by atoms with Crippen molar-refractivity contribution < 1.29 is 4.79 Å². The second-order valence-electron chi connectivity index (χ2n) is 7.43. The summed E-state index contributed by atoms with van der Waals surface area (Å²) < 4.78 is 1.91. The van der Waals surface area contributed by atoms with Gasteiger partial charge in [-0.1, -0.05) is 54.6 Å². The fourth-order valence-corrected chi connectivity index (χ4v) is 4.48. The maximum Gasteiger partial charge on any atom is 0.240 e. The number of thioether (sulfide) groups is 1. The zero-order chi connectivity index (χ0) is 20.5. The highest BCUT2D eigenvalue weighted by molar-refractivity contribution is 8.00. The van der Waals surface area contributed by atoms with Gasteiger partial charge in [-0.05, 0) is 49.6 Å². The minimum atomic E-state index is -0.374. The van der Waals surface area contributed by atoms with Gasteiger partial charge in [-0.3, -0.25) is 4.79 Å². The Hall–Kier alpha value is -2.80. The molecule has 0 fully saturated rings. The van der Waals surface area contributed by atoms with Gasteiger partial charge >= 0.3 is 0 Å². The van der Waals surface area contributed by atoms with E-state index in [4.69, 9.17) is 0 Å². The van der Waals surface area contributed by atoms with Gasteiger partial charge in [0.25, 0.3) is 0 Å². The van der Waals surface area contributed by atoms with E-state index in [0.29, 0.717) is 5.16 Å². The van der Waals surface area contributed by atoms with E-state index < -0.39 is 0 Å². The molecule has 7 heteroatoms. The van der Waals surface area contributed by atoms with Gasteiger partial charge in [0.15, 0.2) is 5.82 Å². The molecule has 1 aromatic heterocycles. The fourth-order valence-electron chi connectivity index (χ4n) is 3.38. The maximum atomic E-state index is 13.3. The summed E-state index contributed by atoms with van der Waals surface area (Å²) in [6, 6.07) is 14.1. The topological polar surface area (TPSA) is 71.8 Å². The van der Waals surface area contributed by atoms with Crippen LogP contribution < -0.4 is 10.7 Å². The van der Waals surface area contributed by atoms with Crippen molar-refractivity contribution in [3.8, 4) is 0 Å². The number of fused-ring (bicyclic) bond motifs is 1. The molecular formula is C22H25N5OS. The molecule has 0 unspecified atom stereocenters. The molecule has 2 heterocycles. The fraction of sp³-hybridized carbons (Fsp3) is 0.318. The number of nitrogens with one attached hydrogen (secondary N) is 2.